The number of benzene rings is 2. The quantitative estimate of drug-likeness (QED) is 0.489. The highest BCUT2D eigenvalue weighted by Crippen LogP contribution is 2.24. The number of hydrogen-bond donors (Lipinski definition) is 0. The molecule has 3 rings (SSSR count). The standard InChI is InChI=1S/C18H17N.4C2H6.CH4/c1-3-8-15(9-4-1)17-12-7-13-18(19-14-17)16-10-5-2-6-11-16;4*1-2;/h1-6,8-11,14H,7,12-13H2;4*1-2H3;1H4. The normalized spacial score (nSPS) is 11.3. The molecule has 0 saturated heterocycles. The number of nitrogens with zero attached hydrogens (tertiary/aromatic N) is 1. The summed E-state index contributed by atoms with van der Waals surface area (Å²) in [5.74, 6) is 0. The molecule has 2 aromatic rings. The molecule has 0 radical (unpaired) electrons. The average Bonchev–Trinajstić information content (AvgIpc) is 3.07. The summed E-state index contributed by atoms with van der Waals surface area (Å²) in [6.07, 6.45) is 5.36. The first-order valence-electron chi connectivity index (χ1n) is 10.8. The van der Waals surface area contributed by atoms with E-state index in [0.717, 1.165) is 19.3 Å². The Bertz CT molecular complexity index is 539. The van der Waals surface area contributed by atoms with E-state index in [-0.39, 0.29) is 7.43 Å². The van der Waals surface area contributed by atoms with Gasteiger partial charge in [-0.25, -0.2) is 0 Å². The fourth-order valence-electron chi connectivity index (χ4n) is 2.45. The van der Waals surface area contributed by atoms with E-state index >= 15 is 0 Å². The molecule has 0 amide bonds. The van der Waals surface area contributed by atoms with Crippen molar-refractivity contribution in [3.63, 3.8) is 0 Å². The second-order valence-electron chi connectivity index (χ2n) is 4.82. The zero-order valence-electron chi connectivity index (χ0n) is 18.9. The third-order valence-electron chi connectivity index (χ3n) is 3.49. The summed E-state index contributed by atoms with van der Waals surface area (Å²) in [6.45, 7) is 16.0. The van der Waals surface area contributed by atoms with Crippen LogP contribution in [0.2, 0.25) is 0 Å². The van der Waals surface area contributed by atoms with E-state index in [9.17, 15) is 0 Å². The van der Waals surface area contributed by atoms with Crippen LogP contribution >= 0.6 is 0 Å². The summed E-state index contributed by atoms with van der Waals surface area (Å²) in [5, 5.41) is 0. The highest BCUT2D eigenvalue weighted by molar-refractivity contribution is 6.01. The Labute approximate surface area is 176 Å². The fraction of sp³-hybridized carbons (Fsp3) is 0.444. The van der Waals surface area contributed by atoms with Crippen LogP contribution in [0.1, 0.15) is 93.2 Å². The van der Waals surface area contributed by atoms with Crippen molar-refractivity contribution in [3.8, 4) is 0 Å². The van der Waals surface area contributed by atoms with Crippen molar-refractivity contribution in [2.24, 2.45) is 4.99 Å². The minimum Gasteiger partial charge on any atom is -0.260 e. The van der Waals surface area contributed by atoms with Crippen LogP contribution < -0.4 is 0 Å². The molecule has 1 aliphatic rings. The molecule has 0 aliphatic carbocycles. The Hall–Kier alpha value is -2.15. The summed E-state index contributed by atoms with van der Waals surface area (Å²) in [7, 11) is 0. The Morgan fingerprint density at radius 1 is 0.571 bits per heavy atom. The van der Waals surface area contributed by atoms with Gasteiger partial charge in [-0.2, -0.15) is 0 Å². The molecule has 158 valence electrons. The zero-order chi connectivity index (χ0) is 20.9. The van der Waals surface area contributed by atoms with Gasteiger partial charge in [0.25, 0.3) is 0 Å². The fourth-order valence-corrected chi connectivity index (χ4v) is 2.45. The van der Waals surface area contributed by atoms with Crippen LogP contribution in [0.15, 0.2) is 71.9 Å². The maximum Gasteiger partial charge on any atom is 0.0476 e. The lowest BCUT2D eigenvalue weighted by Gasteiger charge is -2.04. The Morgan fingerprint density at radius 2 is 1.00 bits per heavy atom. The van der Waals surface area contributed by atoms with Gasteiger partial charge in [0, 0.05) is 11.9 Å². The summed E-state index contributed by atoms with van der Waals surface area (Å²) in [4.78, 5) is 4.71. The smallest absolute Gasteiger partial charge is 0.0476 e. The lowest BCUT2D eigenvalue weighted by molar-refractivity contribution is 0.914. The van der Waals surface area contributed by atoms with Crippen LogP contribution in [0.3, 0.4) is 0 Å². The van der Waals surface area contributed by atoms with E-state index in [1.807, 2.05) is 67.7 Å². The SMILES string of the molecule is C.C1=C(c2ccccc2)CCCC(c2ccccc2)=N1.CC.CC.CC.CC. The topological polar surface area (TPSA) is 12.4 Å². The second-order valence-corrected chi connectivity index (χ2v) is 4.82. The predicted octanol–water partition coefficient (Wildman–Crippen LogP) is 9.44. The molecule has 28 heavy (non-hydrogen) atoms. The predicted molar refractivity (Wildman–Crippen MR) is 133 cm³/mol. The maximum absolute atomic E-state index is 4.71. The van der Waals surface area contributed by atoms with E-state index in [4.69, 9.17) is 4.99 Å². The van der Waals surface area contributed by atoms with Gasteiger partial charge in [-0.1, -0.05) is 123 Å². The number of rotatable bonds is 2. The van der Waals surface area contributed by atoms with Crippen molar-refractivity contribution in [1.82, 2.24) is 0 Å². The number of allylic oxidation sites excluding steroid dienone is 1. The van der Waals surface area contributed by atoms with Gasteiger partial charge in [0.1, 0.15) is 0 Å². The van der Waals surface area contributed by atoms with Crippen molar-refractivity contribution in [1.29, 1.82) is 0 Å². The van der Waals surface area contributed by atoms with E-state index < -0.39 is 0 Å². The van der Waals surface area contributed by atoms with Crippen molar-refractivity contribution in [2.75, 3.05) is 0 Å². The van der Waals surface area contributed by atoms with E-state index in [2.05, 4.69) is 54.6 Å². The summed E-state index contributed by atoms with van der Waals surface area (Å²) >= 11 is 0. The van der Waals surface area contributed by atoms with Gasteiger partial charge in [0.15, 0.2) is 0 Å². The molecule has 0 atom stereocenters. The van der Waals surface area contributed by atoms with Crippen LogP contribution in [0, 0.1) is 0 Å². The van der Waals surface area contributed by atoms with Crippen LogP contribution in [0.4, 0.5) is 0 Å². The van der Waals surface area contributed by atoms with Crippen LogP contribution in [-0.4, -0.2) is 5.71 Å². The number of hydrogen-bond acceptors (Lipinski definition) is 1. The Balaban J connectivity index is -0.000000622. The first-order chi connectivity index (χ1) is 13.4. The van der Waals surface area contributed by atoms with Crippen LogP contribution in [0.5, 0.6) is 0 Å². The lowest BCUT2D eigenvalue weighted by atomic mass is 10.00. The molecule has 0 spiro atoms. The molecule has 2 aromatic carbocycles. The van der Waals surface area contributed by atoms with E-state index in [1.165, 1.54) is 22.4 Å². The van der Waals surface area contributed by atoms with Crippen molar-refractivity contribution < 1.29 is 0 Å². The summed E-state index contributed by atoms with van der Waals surface area (Å²) < 4.78 is 0. The van der Waals surface area contributed by atoms with Gasteiger partial charge >= 0.3 is 0 Å². The average molecular weight is 384 g/mol. The van der Waals surface area contributed by atoms with Crippen molar-refractivity contribution >= 4 is 11.3 Å². The number of aliphatic imine (C=N–C) groups is 1. The first-order valence-corrected chi connectivity index (χ1v) is 10.8. The molecular formula is C27H45N. The molecule has 1 aliphatic heterocycles. The Morgan fingerprint density at radius 3 is 1.46 bits per heavy atom. The van der Waals surface area contributed by atoms with Gasteiger partial charge in [0.2, 0.25) is 0 Å². The van der Waals surface area contributed by atoms with Gasteiger partial charge in [-0.05, 0) is 36.0 Å². The lowest BCUT2D eigenvalue weighted by Crippen LogP contribution is -1.98. The van der Waals surface area contributed by atoms with E-state index in [0.29, 0.717) is 0 Å². The molecule has 0 saturated carbocycles. The molecule has 0 unspecified atom stereocenters. The third kappa shape index (κ3) is 11.5. The largest absolute Gasteiger partial charge is 0.260 e. The van der Waals surface area contributed by atoms with Crippen molar-refractivity contribution in [3.05, 3.63) is 78.0 Å². The highest BCUT2D eigenvalue weighted by Gasteiger charge is 2.09. The van der Waals surface area contributed by atoms with Gasteiger partial charge < -0.3 is 0 Å². The monoisotopic (exact) mass is 383 g/mol. The third-order valence-corrected chi connectivity index (χ3v) is 3.49. The molecule has 1 heteroatoms. The van der Waals surface area contributed by atoms with Gasteiger partial charge in [-0.15, -0.1) is 0 Å². The van der Waals surface area contributed by atoms with Crippen molar-refractivity contribution in [2.45, 2.75) is 82.1 Å². The van der Waals surface area contributed by atoms with Crippen LogP contribution in [-0.2, 0) is 0 Å². The van der Waals surface area contributed by atoms with Gasteiger partial charge in [-0.3, -0.25) is 4.99 Å². The van der Waals surface area contributed by atoms with Gasteiger partial charge in [0.05, 0.1) is 0 Å². The minimum atomic E-state index is 0. The molecule has 0 bridgehead atoms. The van der Waals surface area contributed by atoms with E-state index in [1.54, 1.807) is 0 Å². The molecule has 0 fully saturated rings. The minimum absolute atomic E-state index is 0. The maximum atomic E-state index is 4.71. The van der Waals surface area contributed by atoms with Crippen LogP contribution in [0.25, 0.3) is 5.57 Å². The summed E-state index contributed by atoms with van der Waals surface area (Å²) in [6, 6.07) is 21.0. The molecular weight excluding hydrogens is 338 g/mol. The molecule has 1 nitrogen and oxygen atoms in total. The highest BCUT2D eigenvalue weighted by atomic mass is 14.7. The molecule has 1 heterocycles. The second kappa shape index (κ2) is 22.9. The summed E-state index contributed by atoms with van der Waals surface area (Å²) in [5.41, 5.74) is 5.08. The Kier molecular flexibility index (Phi) is 25.0. The zero-order valence-corrected chi connectivity index (χ0v) is 18.9. The molecule has 0 aromatic heterocycles. The first kappa shape index (κ1) is 30.6. The molecule has 0 N–H and O–H groups in total.